The molecular weight excluding hydrogens is 460 g/mol. The normalized spacial score (nSPS) is 15.1. The van der Waals surface area contributed by atoms with Crippen LogP contribution in [-0.4, -0.2) is 52.1 Å². The van der Waals surface area contributed by atoms with Gasteiger partial charge in [-0.15, -0.1) is 4.83 Å². The molecule has 29 heavy (non-hydrogen) atoms. The Bertz CT molecular complexity index is 914. The summed E-state index contributed by atoms with van der Waals surface area (Å²) in [6.45, 7) is 3.74. The Labute approximate surface area is 178 Å². The molecule has 0 atom stereocenters. The first-order valence-corrected chi connectivity index (χ1v) is 11.4. The molecule has 1 aliphatic heterocycles. The third kappa shape index (κ3) is 6.79. The predicted molar refractivity (Wildman–Crippen MR) is 115 cm³/mol. The minimum atomic E-state index is -3.74. The molecule has 0 unspecified atom stereocenters. The third-order valence-corrected chi connectivity index (χ3v) is 6.17. The van der Waals surface area contributed by atoms with E-state index in [0.29, 0.717) is 37.6 Å². The number of benzene rings is 2. The lowest BCUT2D eigenvalue weighted by Crippen LogP contribution is -2.38. The number of hydrazine groups is 1. The summed E-state index contributed by atoms with van der Waals surface area (Å²) in [6, 6.07) is 13.1. The van der Waals surface area contributed by atoms with Gasteiger partial charge in [-0.2, -0.15) is 0 Å². The zero-order valence-corrected chi connectivity index (χ0v) is 18.1. The molecule has 0 saturated carbocycles. The number of rotatable bonds is 8. The van der Waals surface area contributed by atoms with Crippen molar-refractivity contribution in [1.82, 2.24) is 9.73 Å². The number of ether oxygens (including phenoxy) is 1. The number of carbonyl (C=O) groups excluding carboxylic acids is 1. The quantitative estimate of drug-likeness (QED) is 0.499. The fourth-order valence-corrected chi connectivity index (χ4v) is 3.87. The number of carbonyl (C=O) groups is 1. The second kappa shape index (κ2) is 10.2. The van der Waals surface area contributed by atoms with Gasteiger partial charge in [0.2, 0.25) is 5.91 Å². The summed E-state index contributed by atoms with van der Waals surface area (Å²) in [7, 11) is -3.74. The van der Waals surface area contributed by atoms with Crippen LogP contribution in [0.2, 0.25) is 0 Å². The molecule has 0 spiro atoms. The van der Waals surface area contributed by atoms with Crippen LogP contribution in [0.5, 0.6) is 0 Å². The molecule has 10 heteroatoms. The van der Waals surface area contributed by atoms with E-state index in [1.165, 1.54) is 12.1 Å². The second-order valence-electron chi connectivity index (χ2n) is 6.51. The minimum Gasteiger partial charge on any atom is -0.379 e. The van der Waals surface area contributed by atoms with Gasteiger partial charge in [0.15, 0.2) is 0 Å². The van der Waals surface area contributed by atoms with E-state index in [1.807, 2.05) is 0 Å². The van der Waals surface area contributed by atoms with E-state index in [9.17, 15) is 13.2 Å². The molecule has 0 bridgehead atoms. The monoisotopic (exact) mass is 482 g/mol. The molecule has 0 radical (unpaired) electrons. The number of morpholine rings is 1. The van der Waals surface area contributed by atoms with E-state index in [1.54, 1.807) is 36.4 Å². The lowest BCUT2D eigenvalue weighted by atomic mass is 10.3. The molecule has 3 N–H and O–H groups in total. The van der Waals surface area contributed by atoms with E-state index in [4.69, 9.17) is 4.74 Å². The highest BCUT2D eigenvalue weighted by Crippen LogP contribution is 2.16. The first kappa shape index (κ1) is 21.7. The molecular formula is C19H23BrN4O4S. The molecule has 0 aliphatic carbocycles. The Morgan fingerprint density at radius 2 is 1.62 bits per heavy atom. The van der Waals surface area contributed by atoms with E-state index < -0.39 is 10.0 Å². The number of halogens is 1. The third-order valence-electron chi connectivity index (χ3n) is 4.38. The zero-order chi connectivity index (χ0) is 20.7. The standard InChI is InChI=1S/C19H23BrN4O4S/c20-15-1-3-17(4-2-15)22-23-29(26,27)18-7-5-16(6-8-18)21-19(25)9-10-24-11-13-28-14-12-24/h1-8,22-23H,9-14H2,(H,21,25). The Kier molecular flexibility index (Phi) is 7.62. The fourth-order valence-electron chi connectivity index (χ4n) is 2.74. The fraction of sp³-hybridized carbons (Fsp3) is 0.316. The van der Waals surface area contributed by atoms with Gasteiger partial charge in [0.25, 0.3) is 10.0 Å². The molecule has 1 saturated heterocycles. The minimum absolute atomic E-state index is 0.0911. The Balaban J connectivity index is 1.50. The van der Waals surface area contributed by atoms with Gasteiger partial charge >= 0.3 is 0 Å². The van der Waals surface area contributed by atoms with Gasteiger partial charge in [-0.05, 0) is 48.5 Å². The lowest BCUT2D eigenvalue weighted by Gasteiger charge is -2.26. The van der Waals surface area contributed by atoms with Crippen LogP contribution in [0, 0.1) is 0 Å². The summed E-state index contributed by atoms with van der Waals surface area (Å²) < 4.78 is 31.0. The first-order chi connectivity index (χ1) is 13.9. The SMILES string of the molecule is O=C(CCN1CCOCC1)Nc1ccc(S(=O)(=O)NNc2ccc(Br)cc2)cc1. The maximum Gasteiger partial charge on any atom is 0.257 e. The highest BCUT2D eigenvalue weighted by molar-refractivity contribution is 9.10. The lowest BCUT2D eigenvalue weighted by molar-refractivity contribution is -0.116. The second-order valence-corrected chi connectivity index (χ2v) is 9.11. The van der Waals surface area contributed by atoms with Crippen molar-refractivity contribution in [3.8, 4) is 0 Å². The molecule has 8 nitrogen and oxygen atoms in total. The van der Waals surface area contributed by atoms with Crippen LogP contribution >= 0.6 is 15.9 Å². The van der Waals surface area contributed by atoms with Crippen LogP contribution in [0.15, 0.2) is 57.9 Å². The van der Waals surface area contributed by atoms with E-state index in [2.05, 4.69) is 36.4 Å². The van der Waals surface area contributed by atoms with Crippen LogP contribution in [0.4, 0.5) is 11.4 Å². The molecule has 0 aromatic heterocycles. The summed E-state index contributed by atoms with van der Waals surface area (Å²) in [4.78, 5) is 16.7. The molecule has 2 aromatic carbocycles. The Hall–Kier alpha value is -1.98. The number of hydrogen-bond acceptors (Lipinski definition) is 6. The summed E-state index contributed by atoms with van der Waals surface area (Å²) in [5.74, 6) is -0.109. The van der Waals surface area contributed by atoms with Crippen LogP contribution < -0.4 is 15.6 Å². The average molecular weight is 483 g/mol. The number of hydrogen-bond donors (Lipinski definition) is 3. The van der Waals surface area contributed by atoms with E-state index >= 15 is 0 Å². The van der Waals surface area contributed by atoms with Crippen molar-refractivity contribution in [1.29, 1.82) is 0 Å². The van der Waals surface area contributed by atoms with Crippen molar-refractivity contribution >= 4 is 43.2 Å². The van der Waals surface area contributed by atoms with Crippen molar-refractivity contribution in [2.45, 2.75) is 11.3 Å². The average Bonchev–Trinajstić information content (AvgIpc) is 2.73. The van der Waals surface area contributed by atoms with Gasteiger partial charge in [0, 0.05) is 41.9 Å². The molecule has 1 aliphatic rings. The summed E-state index contributed by atoms with van der Waals surface area (Å²) in [5.41, 5.74) is 3.83. The summed E-state index contributed by atoms with van der Waals surface area (Å²) >= 11 is 3.32. The Morgan fingerprint density at radius 1 is 1.00 bits per heavy atom. The van der Waals surface area contributed by atoms with Gasteiger partial charge < -0.3 is 15.5 Å². The number of nitrogens with zero attached hydrogens (tertiary/aromatic N) is 1. The van der Waals surface area contributed by atoms with Gasteiger partial charge in [-0.3, -0.25) is 9.69 Å². The smallest absolute Gasteiger partial charge is 0.257 e. The van der Waals surface area contributed by atoms with Crippen LogP contribution in [0.25, 0.3) is 0 Å². The molecule has 156 valence electrons. The van der Waals surface area contributed by atoms with Crippen LogP contribution in [0.1, 0.15) is 6.42 Å². The first-order valence-electron chi connectivity index (χ1n) is 9.16. The topological polar surface area (TPSA) is 99.8 Å². The zero-order valence-electron chi connectivity index (χ0n) is 15.7. The molecule has 3 rings (SSSR count). The van der Waals surface area contributed by atoms with Crippen molar-refractivity contribution in [2.75, 3.05) is 43.6 Å². The largest absolute Gasteiger partial charge is 0.379 e. The van der Waals surface area contributed by atoms with Crippen molar-refractivity contribution in [3.05, 3.63) is 53.0 Å². The van der Waals surface area contributed by atoms with Crippen molar-refractivity contribution in [3.63, 3.8) is 0 Å². The maximum absolute atomic E-state index is 12.4. The number of amides is 1. The predicted octanol–water partition coefficient (Wildman–Crippen LogP) is 2.42. The number of sulfonamides is 1. The van der Waals surface area contributed by atoms with Gasteiger partial charge in [0.1, 0.15) is 0 Å². The maximum atomic E-state index is 12.4. The van der Waals surface area contributed by atoms with E-state index in [-0.39, 0.29) is 10.8 Å². The number of nitrogens with one attached hydrogen (secondary N) is 3. The highest BCUT2D eigenvalue weighted by atomic mass is 79.9. The molecule has 1 fully saturated rings. The Morgan fingerprint density at radius 3 is 2.28 bits per heavy atom. The van der Waals surface area contributed by atoms with Crippen molar-refractivity contribution < 1.29 is 17.9 Å². The summed E-state index contributed by atoms with van der Waals surface area (Å²) in [5, 5.41) is 2.79. The van der Waals surface area contributed by atoms with E-state index in [0.717, 1.165) is 17.6 Å². The molecule has 2 aromatic rings. The molecule has 1 amide bonds. The highest BCUT2D eigenvalue weighted by Gasteiger charge is 2.15. The van der Waals surface area contributed by atoms with Gasteiger partial charge in [-0.25, -0.2) is 8.42 Å². The van der Waals surface area contributed by atoms with Crippen molar-refractivity contribution in [2.24, 2.45) is 0 Å². The van der Waals surface area contributed by atoms with Crippen LogP contribution in [0.3, 0.4) is 0 Å². The van der Waals surface area contributed by atoms with Crippen LogP contribution in [-0.2, 0) is 19.6 Å². The van der Waals surface area contributed by atoms with Gasteiger partial charge in [0.05, 0.1) is 18.1 Å². The number of anilines is 2. The molecule has 1 heterocycles. The van der Waals surface area contributed by atoms with Gasteiger partial charge in [-0.1, -0.05) is 15.9 Å². The summed E-state index contributed by atoms with van der Waals surface area (Å²) in [6.07, 6.45) is 0.374.